The predicted molar refractivity (Wildman–Crippen MR) is 187 cm³/mol. The zero-order valence-corrected chi connectivity index (χ0v) is 31.5. The molecule has 1 aliphatic heterocycles. The third-order valence-corrected chi connectivity index (χ3v) is 9.52. The first-order valence-electron chi connectivity index (χ1n) is 18.5. The van der Waals surface area contributed by atoms with Gasteiger partial charge in [-0.05, 0) is 32.1 Å². The minimum Gasteiger partial charge on any atom is -0.460 e. The van der Waals surface area contributed by atoms with Crippen molar-refractivity contribution in [1.29, 1.82) is 0 Å². The van der Waals surface area contributed by atoms with Gasteiger partial charge in [0.2, 0.25) is 29.5 Å². The maximum absolute atomic E-state index is 13.9. The Balaban J connectivity index is 3.57. The molecule has 1 aliphatic rings. The summed E-state index contributed by atoms with van der Waals surface area (Å²) in [5.74, 6) is -7.22. The molecule has 0 aliphatic carbocycles. The Hall–Kier alpha value is -3.47. The number of cyclic esters (lactones) is 1. The van der Waals surface area contributed by atoms with E-state index in [-0.39, 0.29) is 6.42 Å². The van der Waals surface area contributed by atoms with Gasteiger partial charge in [0.25, 0.3) is 0 Å². The number of likely N-dealkylation sites (N-methyl/N-ethyl adjacent to an activating group) is 1. The van der Waals surface area contributed by atoms with Gasteiger partial charge in [-0.15, -0.1) is 0 Å². The van der Waals surface area contributed by atoms with Crippen LogP contribution in [0.5, 0.6) is 0 Å². The van der Waals surface area contributed by atoms with E-state index in [9.17, 15) is 47.0 Å². The van der Waals surface area contributed by atoms with Crippen LogP contribution in [0.15, 0.2) is 0 Å². The summed E-state index contributed by atoms with van der Waals surface area (Å²) in [6.45, 7) is 6.94. The smallest absolute Gasteiger partial charge is 0.389 e. The molecule has 1 unspecified atom stereocenters. The number of nitrogens with two attached hydrogens (primary N) is 1. The molecule has 17 heteroatoms. The Morgan fingerprint density at radius 3 is 1.96 bits per heavy atom. The Morgan fingerprint density at radius 1 is 0.846 bits per heavy atom. The number of aliphatic hydroxyl groups is 1. The summed E-state index contributed by atoms with van der Waals surface area (Å²) in [6, 6.07) is -6.06. The highest BCUT2D eigenvalue weighted by Gasteiger charge is 2.40. The molecule has 0 aromatic rings. The van der Waals surface area contributed by atoms with Gasteiger partial charge in [0.05, 0.1) is 12.0 Å². The molecule has 14 nitrogen and oxygen atoms in total. The molecule has 1 fully saturated rings. The van der Waals surface area contributed by atoms with Gasteiger partial charge >= 0.3 is 12.1 Å². The first-order valence-corrected chi connectivity index (χ1v) is 18.5. The molecular weight excluding hydrogens is 689 g/mol. The summed E-state index contributed by atoms with van der Waals surface area (Å²) in [5.41, 5.74) is 5.75. The van der Waals surface area contributed by atoms with Crippen LogP contribution >= 0.6 is 0 Å². The lowest BCUT2D eigenvalue weighted by atomic mass is 9.95. The molecule has 0 bridgehead atoms. The monoisotopic (exact) mass is 750 g/mol. The second-order valence-electron chi connectivity index (χ2n) is 13.8. The maximum Gasteiger partial charge on any atom is 0.389 e. The van der Waals surface area contributed by atoms with Gasteiger partial charge in [-0.1, -0.05) is 79.1 Å². The number of halogens is 3. The van der Waals surface area contributed by atoms with Crippen LogP contribution in [0.25, 0.3) is 0 Å². The fourth-order valence-corrected chi connectivity index (χ4v) is 5.91. The van der Waals surface area contributed by atoms with E-state index in [0.29, 0.717) is 12.8 Å². The number of aliphatic hydroxyl groups excluding tert-OH is 1. The van der Waals surface area contributed by atoms with Gasteiger partial charge in [0, 0.05) is 20.0 Å². The van der Waals surface area contributed by atoms with Crippen molar-refractivity contribution < 1.29 is 51.8 Å². The Labute approximate surface area is 305 Å². The lowest BCUT2D eigenvalue weighted by molar-refractivity contribution is -0.159. The molecule has 5 amide bonds. The van der Waals surface area contributed by atoms with Crippen molar-refractivity contribution in [3.8, 4) is 0 Å². The average molecular weight is 751 g/mol. The molecule has 7 N–H and O–H groups in total. The normalized spacial score (nSPS) is 26.2. The fraction of sp³-hybridized carbons (Fsp3) is 0.829. The average Bonchev–Trinajstić information content (AvgIpc) is 3.08. The van der Waals surface area contributed by atoms with Crippen LogP contribution in [0.2, 0.25) is 0 Å². The van der Waals surface area contributed by atoms with E-state index in [1.165, 1.54) is 20.9 Å². The number of nitrogens with zero attached hydrogens (tertiary/aromatic N) is 1. The molecule has 1 heterocycles. The third kappa shape index (κ3) is 16.0. The molecule has 0 spiro atoms. The first-order chi connectivity index (χ1) is 24.4. The summed E-state index contributed by atoms with van der Waals surface area (Å²) in [4.78, 5) is 81.2. The molecule has 52 heavy (non-hydrogen) atoms. The number of hydrogen-bond acceptors (Lipinski definition) is 9. The number of esters is 1. The van der Waals surface area contributed by atoms with Crippen molar-refractivity contribution in [2.24, 2.45) is 17.6 Å². The van der Waals surface area contributed by atoms with Crippen LogP contribution in [-0.2, 0) is 33.5 Å². The number of ether oxygens (including phenoxy) is 1. The zero-order valence-electron chi connectivity index (χ0n) is 31.5. The van der Waals surface area contributed by atoms with Crippen LogP contribution in [0.1, 0.15) is 112 Å². The quantitative estimate of drug-likeness (QED) is 0.107. The summed E-state index contributed by atoms with van der Waals surface area (Å²) in [7, 11) is 1.18. The zero-order chi connectivity index (χ0) is 39.6. The van der Waals surface area contributed by atoms with Crippen LogP contribution in [0, 0.1) is 11.8 Å². The number of unbranched alkanes of at least 4 members (excludes halogenated alkanes) is 7. The molecular formula is C35H61F3N6O8. The van der Waals surface area contributed by atoms with Crippen molar-refractivity contribution in [3.05, 3.63) is 0 Å². The Kier molecular flexibility index (Phi) is 20.8. The minimum atomic E-state index is -4.67. The molecule has 8 atom stereocenters. The lowest BCUT2D eigenvalue weighted by Gasteiger charge is -2.34. The Morgan fingerprint density at radius 2 is 1.42 bits per heavy atom. The van der Waals surface area contributed by atoms with Crippen LogP contribution in [-0.4, -0.2) is 108 Å². The molecule has 300 valence electrons. The topological polar surface area (TPSA) is 209 Å². The second-order valence-corrected chi connectivity index (χ2v) is 13.8. The van der Waals surface area contributed by atoms with E-state index in [1.54, 1.807) is 13.8 Å². The summed E-state index contributed by atoms with van der Waals surface area (Å²) in [5, 5.41) is 19.8. The molecule has 1 saturated heterocycles. The predicted octanol–water partition coefficient (Wildman–Crippen LogP) is 2.20. The van der Waals surface area contributed by atoms with E-state index in [1.807, 2.05) is 0 Å². The van der Waals surface area contributed by atoms with E-state index in [2.05, 4.69) is 28.2 Å². The number of nitrogens with one attached hydrogen (secondary N) is 4. The highest BCUT2D eigenvalue weighted by molar-refractivity contribution is 5.96. The van der Waals surface area contributed by atoms with E-state index in [0.717, 1.165) is 49.8 Å². The molecule has 1 rings (SSSR count). The van der Waals surface area contributed by atoms with E-state index in [4.69, 9.17) is 10.5 Å². The largest absolute Gasteiger partial charge is 0.460 e. The lowest BCUT2D eigenvalue weighted by Crippen LogP contribution is -2.62. The van der Waals surface area contributed by atoms with E-state index >= 15 is 0 Å². The molecule has 0 radical (unpaired) electrons. The number of hydrogen-bond donors (Lipinski definition) is 6. The molecule has 0 aromatic carbocycles. The number of alkyl halides is 3. The van der Waals surface area contributed by atoms with Crippen molar-refractivity contribution in [2.75, 3.05) is 20.1 Å². The summed E-state index contributed by atoms with van der Waals surface area (Å²) in [6.07, 6.45) is -1.17. The number of amides is 5. The molecule has 0 aromatic heterocycles. The summed E-state index contributed by atoms with van der Waals surface area (Å²) >= 11 is 0. The third-order valence-electron chi connectivity index (χ3n) is 9.52. The van der Waals surface area contributed by atoms with Crippen LogP contribution < -0.4 is 27.0 Å². The van der Waals surface area contributed by atoms with Gasteiger partial charge in [-0.2, -0.15) is 13.2 Å². The fourth-order valence-electron chi connectivity index (χ4n) is 5.91. The van der Waals surface area contributed by atoms with Gasteiger partial charge in [-0.25, -0.2) is 0 Å². The van der Waals surface area contributed by atoms with Gasteiger partial charge in [0.15, 0.2) is 0 Å². The van der Waals surface area contributed by atoms with E-state index < -0.39 is 116 Å². The number of rotatable bonds is 15. The van der Waals surface area contributed by atoms with Crippen LogP contribution in [0.4, 0.5) is 13.2 Å². The summed E-state index contributed by atoms with van der Waals surface area (Å²) < 4.78 is 46.0. The van der Waals surface area contributed by atoms with Crippen LogP contribution in [0.3, 0.4) is 0 Å². The SMILES string of the molecule is CCCCCCCCCC[C@H]1OC(=O)CNC(=O)[C@H]([C@H](C)O)NC(=O)[C@H](CN)NC(=O)[C@H]([C@H](C)CC)NC(=O)C(CCC(F)(F)F)N(C)C(=O)[C@@H]1C. The second kappa shape index (κ2) is 23.2. The van der Waals surface area contributed by atoms with Crippen molar-refractivity contribution in [1.82, 2.24) is 26.2 Å². The Bertz CT molecular complexity index is 1170. The number of carbonyl (C=O) groups is 6. The highest BCUT2D eigenvalue weighted by atomic mass is 19.4. The first kappa shape index (κ1) is 46.6. The molecule has 0 saturated carbocycles. The van der Waals surface area contributed by atoms with Gasteiger partial charge in [-0.3, -0.25) is 28.8 Å². The highest BCUT2D eigenvalue weighted by Crippen LogP contribution is 2.26. The maximum atomic E-state index is 13.9. The van der Waals surface area contributed by atoms with Crippen molar-refractivity contribution in [2.45, 2.75) is 154 Å². The van der Waals surface area contributed by atoms with Gasteiger partial charge < -0.3 is 41.7 Å². The van der Waals surface area contributed by atoms with Gasteiger partial charge in [0.1, 0.15) is 36.8 Å². The standard InChI is InChI=1S/C35H61F3N6O8/c1-7-9-10-11-12-13-14-15-16-26-22(4)34(51)44(6)25(17-18-35(36,37)38)31(48)42-28(21(3)8-2)33(50)41-24(19-39)30(47)43-29(23(5)45)32(49)40-20-27(46)52-26/h21-26,28-29,45H,7-20,39H2,1-6H3,(H,40,49)(H,41,50)(H,42,48)(H,43,47)/t21-,22-,23+,24+,25?,26-,28+,29+/m1/s1. The minimum absolute atomic E-state index is 0.220. The van der Waals surface area contributed by atoms with Crippen molar-refractivity contribution >= 4 is 35.5 Å². The number of carbonyl (C=O) groups excluding carboxylic acids is 6. The van der Waals surface area contributed by atoms with Crippen molar-refractivity contribution in [3.63, 3.8) is 0 Å².